The molecule has 130 valence electrons. The summed E-state index contributed by atoms with van der Waals surface area (Å²) in [4.78, 5) is 32.8. The Morgan fingerprint density at radius 2 is 2.12 bits per heavy atom. The fraction of sp³-hybridized carbons (Fsp3) is 0.250. The van der Waals surface area contributed by atoms with Crippen molar-refractivity contribution >= 4 is 39.9 Å². The van der Waals surface area contributed by atoms with E-state index in [1.165, 1.54) is 13.3 Å². The third-order valence-corrected chi connectivity index (χ3v) is 4.78. The van der Waals surface area contributed by atoms with Gasteiger partial charge in [-0.1, -0.05) is 11.3 Å². The summed E-state index contributed by atoms with van der Waals surface area (Å²) in [5.41, 5.74) is 1.37. The van der Waals surface area contributed by atoms with E-state index < -0.39 is 6.09 Å². The SMILES string of the molecule is CNc1ccc(C(=O)C2=C(O)c3sc(NC(=O)OC)nc3CC2)cn1. The van der Waals surface area contributed by atoms with Crippen LogP contribution in [0.1, 0.15) is 27.3 Å². The number of fused-ring (bicyclic) bond motifs is 1. The molecule has 0 saturated carbocycles. The minimum Gasteiger partial charge on any atom is -0.506 e. The number of methoxy groups -OCH3 is 1. The van der Waals surface area contributed by atoms with Gasteiger partial charge in [0, 0.05) is 24.4 Å². The van der Waals surface area contributed by atoms with Gasteiger partial charge in [0.05, 0.1) is 17.7 Å². The Hall–Kier alpha value is -2.94. The number of anilines is 2. The predicted octanol–water partition coefficient (Wildman–Crippen LogP) is 2.86. The summed E-state index contributed by atoms with van der Waals surface area (Å²) in [6.45, 7) is 0. The average molecular weight is 360 g/mol. The van der Waals surface area contributed by atoms with Gasteiger partial charge in [-0.25, -0.2) is 14.8 Å². The van der Waals surface area contributed by atoms with Crippen molar-refractivity contribution in [3.8, 4) is 0 Å². The second-order valence-electron chi connectivity index (χ2n) is 5.25. The molecule has 25 heavy (non-hydrogen) atoms. The number of nitrogens with one attached hydrogen (secondary N) is 2. The summed E-state index contributed by atoms with van der Waals surface area (Å²) in [5.74, 6) is 0.287. The van der Waals surface area contributed by atoms with Crippen LogP contribution in [0.15, 0.2) is 23.9 Å². The standard InChI is InChI=1S/C16H16N4O4S/c1-17-11-6-3-8(7-18-11)12(21)9-4-5-10-14(13(9)22)25-15(19-10)20-16(23)24-2/h3,6-7,22H,4-5H2,1-2H3,(H,17,18)(H,19,20,23). The van der Waals surface area contributed by atoms with Crippen LogP contribution in [0.5, 0.6) is 0 Å². The molecule has 3 rings (SSSR count). The van der Waals surface area contributed by atoms with Crippen molar-refractivity contribution in [3.63, 3.8) is 0 Å². The molecule has 1 aliphatic carbocycles. The lowest BCUT2D eigenvalue weighted by Crippen LogP contribution is -2.12. The minimum atomic E-state index is -0.637. The lowest BCUT2D eigenvalue weighted by Gasteiger charge is -2.14. The minimum absolute atomic E-state index is 0.0978. The second-order valence-corrected chi connectivity index (χ2v) is 6.25. The van der Waals surface area contributed by atoms with E-state index in [0.29, 0.717) is 45.5 Å². The number of aliphatic hydroxyl groups is 1. The molecule has 3 N–H and O–H groups in total. The Labute approximate surface area is 147 Å². The van der Waals surface area contributed by atoms with Crippen molar-refractivity contribution in [3.05, 3.63) is 40.0 Å². The number of nitrogens with zero attached hydrogens (tertiary/aromatic N) is 2. The molecule has 9 heteroatoms. The van der Waals surface area contributed by atoms with Crippen LogP contribution in [0.4, 0.5) is 15.7 Å². The molecular formula is C16H16N4O4S. The summed E-state index contributed by atoms with van der Waals surface area (Å²) in [6, 6.07) is 3.36. The largest absolute Gasteiger partial charge is 0.506 e. The number of pyridine rings is 1. The molecular weight excluding hydrogens is 344 g/mol. The van der Waals surface area contributed by atoms with Crippen LogP contribution >= 0.6 is 11.3 Å². The lowest BCUT2D eigenvalue weighted by atomic mass is 9.93. The number of aryl methyl sites for hydroxylation is 1. The number of carbonyl (C=O) groups excluding carboxylic acids is 2. The Morgan fingerprint density at radius 1 is 1.32 bits per heavy atom. The molecule has 0 aliphatic heterocycles. The first-order valence-corrected chi connectivity index (χ1v) is 8.30. The number of hydrogen-bond acceptors (Lipinski definition) is 8. The Morgan fingerprint density at radius 3 is 2.76 bits per heavy atom. The molecule has 0 radical (unpaired) electrons. The normalized spacial score (nSPS) is 13.2. The molecule has 0 unspecified atom stereocenters. The highest BCUT2D eigenvalue weighted by atomic mass is 32.1. The first-order chi connectivity index (χ1) is 12.0. The average Bonchev–Trinajstić information content (AvgIpc) is 3.05. The van der Waals surface area contributed by atoms with Gasteiger partial charge in [-0.3, -0.25) is 10.1 Å². The number of ether oxygens (including phenoxy) is 1. The van der Waals surface area contributed by atoms with E-state index in [9.17, 15) is 14.7 Å². The van der Waals surface area contributed by atoms with E-state index in [1.54, 1.807) is 19.2 Å². The quantitative estimate of drug-likeness (QED) is 0.718. The number of ketones is 1. The van der Waals surface area contributed by atoms with E-state index in [-0.39, 0.29) is 11.5 Å². The molecule has 2 heterocycles. The summed E-state index contributed by atoms with van der Waals surface area (Å²) in [6.07, 6.45) is 1.71. The molecule has 1 aliphatic rings. The topological polar surface area (TPSA) is 113 Å². The number of thiazole rings is 1. The smallest absolute Gasteiger partial charge is 0.413 e. The zero-order valence-corrected chi connectivity index (χ0v) is 14.4. The molecule has 2 aromatic heterocycles. The highest BCUT2D eigenvalue weighted by Gasteiger charge is 2.28. The monoisotopic (exact) mass is 360 g/mol. The third kappa shape index (κ3) is 3.31. The van der Waals surface area contributed by atoms with Crippen LogP contribution < -0.4 is 10.6 Å². The second kappa shape index (κ2) is 6.89. The molecule has 1 amide bonds. The lowest BCUT2D eigenvalue weighted by molar-refractivity contribution is 0.102. The third-order valence-electron chi connectivity index (χ3n) is 3.76. The fourth-order valence-corrected chi connectivity index (χ4v) is 3.44. The Kier molecular flexibility index (Phi) is 4.66. The van der Waals surface area contributed by atoms with Crippen molar-refractivity contribution in [1.82, 2.24) is 9.97 Å². The van der Waals surface area contributed by atoms with Gasteiger partial charge in [-0.2, -0.15) is 0 Å². The molecule has 0 bridgehead atoms. The Bertz CT molecular complexity index is 858. The summed E-state index contributed by atoms with van der Waals surface area (Å²) in [5, 5.41) is 16.2. The molecule has 8 nitrogen and oxygen atoms in total. The van der Waals surface area contributed by atoms with Crippen molar-refractivity contribution in [2.75, 3.05) is 24.8 Å². The highest BCUT2D eigenvalue weighted by molar-refractivity contribution is 7.16. The van der Waals surface area contributed by atoms with Crippen molar-refractivity contribution < 1.29 is 19.4 Å². The molecule has 0 aromatic carbocycles. The number of allylic oxidation sites excluding steroid dienone is 1. The van der Waals surface area contributed by atoms with Crippen molar-refractivity contribution in [1.29, 1.82) is 0 Å². The van der Waals surface area contributed by atoms with Gasteiger partial charge < -0.3 is 15.2 Å². The molecule has 0 spiro atoms. The summed E-state index contributed by atoms with van der Waals surface area (Å²) >= 11 is 1.10. The van der Waals surface area contributed by atoms with Crippen LogP contribution in [0.25, 0.3) is 5.76 Å². The maximum Gasteiger partial charge on any atom is 0.413 e. The van der Waals surface area contributed by atoms with E-state index in [4.69, 9.17) is 0 Å². The van der Waals surface area contributed by atoms with Gasteiger partial charge in [0.1, 0.15) is 11.6 Å². The van der Waals surface area contributed by atoms with E-state index in [0.717, 1.165) is 11.3 Å². The maximum atomic E-state index is 12.7. The van der Waals surface area contributed by atoms with Crippen LogP contribution in [-0.2, 0) is 11.2 Å². The molecule has 2 aromatic rings. The van der Waals surface area contributed by atoms with Gasteiger partial charge in [-0.05, 0) is 25.0 Å². The fourth-order valence-electron chi connectivity index (χ4n) is 2.47. The van der Waals surface area contributed by atoms with Crippen LogP contribution in [-0.4, -0.2) is 41.1 Å². The number of amides is 1. The van der Waals surface area contributed by atoms with Crippen LogP contribution in [0.2, 0.25) is 0 Å². The zero-order valence-electron chi connectivity index (χ0n) is 13.6. The van der Waals surface area contributed by atoms with Crippen molar-refractivity contribution in [2.45, 2.75) is 12.8 Å². The van der Waals surface area contributed by atoms with Gasteiger partial charge in [-0.15, -0.1) is 0 Å². The Balaban J connectivity index is 1.89. The number of Topliss-reactive ketones (excluding diaryl/α,β-unsaturated/α-hetero) is 1. The number of aromatic nitrogens is 2. The molecule has 0 saturated heterocycles. The number of rotatable bonds is 4. The van der Waals surface area contributed by atoms with Gasteiger partial charge in [0.2, 0.25) is 0 Å². The van der Waals surface area contributed by atoms with E-state index in [1.807, 2.05) is 0 Å². The van der Waals surface area contributed by atoms with E-state index in [2.05, 4.69) is 25.3 Å². The summed E-state index contributed by atoms with van der Waals surface area (Å²) < 4.78 is 4.52. The molecule has 0 fully saturated rings. The highest BCUT2D eigenvalue weighted by Crippen LogP contribution is 2.37. The van der Waals surface area contributed by atoms with Gasteiger partial charge in [0.15, 0.2) is 10.9 Å². The first-order valence-electron chi connectivity index (χ1n) is 7.49. The maximum absolute atomic E-state index is 12.7. The predicted molar refractivity (Wildman–Crippen MR) is 94.1 cm³/mol. The first kappa shape index (κ1) is 16.9. The van der Waals surface area contributed by atoms with Crippen LogP contribution in [0.3, 0.4) is 0 Å². The zero-order chi connectivity index (χ0) is 18.0. The number of aliphatic hydroxyl groups excluding tert-OH is 1. The van der Waals surface area contributed by atoms with Gasteiger partial charge in [0.25, 0.3) is 0 Å². The van der Waals surface area contributed by atoms with E-state index >= 15 is 0 Å². The van der Waals surface area contributed by atoms with Gasteiger partial charge >= 0.3 is 6.09 Å². The number of hydrogen-bond donors (Lipinski definition) is 3. The van der Waals surface area contributed by atoms with Crippen molar-refractivity contribution in [2.24, 2.45) is 0 Å². The molecule has 0 atom stereocenters. The number of carbonyl (C=O) groups is 2. The summed E-state index contributed by atoms with van der Waals surface area (Å²) in [7, 11) is 2.99. The van der Waals surface area contributed by atoms with Crippen LogP contribution in [0, 0.1) is 0 Å².